The molecule has 1 saturated carbocycles. The summed E-state index contributed by atoms with van der Waals surface area (Å²) >= 11 is 0. The molecule has 0 saturated heterocycles. The lowest BCUT2D eigenvalue weighted by Gasteiger charge is -2.31. The van der Waals surface area contributed by atoms with Crippen LogP contribution in [0.1, 0.15) is 51.5 Å². The predicted molar refractivity (Wildman–Crippen MR) is 85.4 cm³/mol. The third-order valence-corrected chi connectivity index (χ3v) is 4.08. The summed E-state index contributed by atoms with van der Waals surface area (Å²) in [6.45, 7) is 6.49. The van der Waals surface area contributed by atoms with E-state index in [4.69, 9.17) is 0 Å². The molecule has 4 heteroatoms. The van der Waals surface area contributed by atoms with Crippen LogP contribution in [0.3, 0.4) is 0 Å². The van der Waals surface area contributed by atoms with Crippen molar-refractivity contribution in [3.63, 3.8) is 0 Å². The molecule has 1 aliphatic rings. The van der Waals surface area contributed by atoms with Gasteiger partial charge in [0, 0.05) is 25.7 Å². The van der Waals surface area contributed by atoms with Crippen molar-refractivity contribution >= 4 is 11.6 Å². The van der Waals surface area contributed by atoms with Crippen LogP contribution in [0.5, 0.6) is 0 Å². The minimum Gasteiger partial charge on any atom is -0.370 e. The normalized spacial score (nSPS) is 14.9. The van der Waals surface area contributed by atoms with Gasteiger partial charge < -0.3 is 10.2 Å². The molecule has 112 valence electrons. The highest BCUT2D eigenvalue weighted by Crippen LogP contribution is 2.30. The van der Waals surface area contributed by atoms with Gasteiger partial charge in [0.2, 0.25) is 0 Å². The first-order valence-electron chi connectivity index (χ1n) is 8.05. The van der Waals surface area contributed by atoms with Crippen molar-refractivity contribution in [3.8, 4) is 0 Å². The second-order valence-electron chi connectivity index (χ2n) is 5.88. The molecule has 4 nitrogen and oxygen atoms in total. The second-order valence-corrected chi connectivity index (χ2v) is 5.88. The van der Waals surface area contributed by atoms with E-state index in [2.05, 4.69) is 41.1 Å². The molecule has 0 spiro atoms. The number of nitrogens with one attached hydrogen (secondary N) is 1. The molecule has 1 fully saturated rings. The molecule has 0 radical (unpaired) electrons. The summed E-state index contributed by atoms with van der Waals surface area (Å²) in [7, 11) is 2.17. The smallest absolute Gasteiger partial charge is 0.137 e. The number of aromatic nitrogens is 2. The van der Waals surface area contributed by atoms with Gasteiger partial charge in [-0.05, 0) is 31.6 Å². The maximum absolute atomic E-state index is 4.55. The van der Waals surface area contributed by atoms with E-state index in [0.29, 0.717) is 0 Å². The molecule has 1 aromatic heterocycles. The van der Waals surface area contributed by atoms with E-state index in [9.17, 15) is 0 Å². The van der Waals surface area contributed by atoms with Crippen molar-refractivity contribution in [3.05, 3.63) is 11.9 Å². The lowest BCUT2D eigenvalue weighted by molar-refractivity contribution is 0.321. The Labute approximate surface area is 123 Å². The molecule has 1 heterocycles. The highest BCUT2D eigenvalue weighted by Gasteiger charge is 2.21. The van der Waals surface area contributed by atoms with E-state index in [0.717, 1.165) is 49.9 Å². The third-order valence-electron chi connectivity index (χ3n) is 4.08. The van der Waals surface area contributed by atoms with Crippen molar-refractivity contribution in [1.29, 1.82) is 0 Å². The van der Waals surface area contributed by atoms with Gasteiger partial charge in [-0.2, -0.15) is 0 Å². The first-order valence-corrected chi connectivity index (χ1v) is 8.05. The van der Waals surface area contributed by atoms with E-state index >= 15 is 0 Å². The van der Waals surface area contributed by atoms with Gasteiger partial charge in [-0.1, -0.05) is 26.7 Å². The third kappa shape index (κ3) is 3.62. The minimum atomic E-state index is 0.858. The van der Waals surface area contributed by atoms with Crippen molar-refractivity contribution in [2.75, 3.05) is 30.4 Å². The highest BCUT2D eigenvalue weighted by molar-refractivity contribution is 5.58. The van der Waals surface area contributed by atoms with Crippen LogP contribution < -0.4 is 10.2 Å². The second kappa shape index (κ2) is 7.46. The molecular formula is C16H28N4. The fourth-order valence-corrected chi connectivity index (χ4v) is 2.76. The maximum atomic E-state index is 4.55. The average Bonchev–Trinajstić information content (AvgIpc) is 2.41. The van der Waals surface area contributed by atoms with Gasteiger partial charge in [0.05, 0.1) is 0 Å². The summed E-state index contributed by atoms with van der Waals surface area (Å²) in [5, 5.41) is 3.45. The van der Waals surface area contributed by atoms with Gasteiger partial charge in [0.15, 0.2) is 0 Å². The largest absolute Gasteiger partial charge is 0.370 e. The Kier molecular flexibility index (Phi) is 5.62. The zero-order valence-corrected chi connectivity index (χ0v) is 13.2. The van der Waals surface area contributed by atoms with Crippen LogP contribution in [-0.2, 0) is 6.42 Å². The first kappa shape index (κ1) is 15.1. The lowest BCUT2D eigenvalue weighted by Crippen LogP contribution is -2.31. The minimum absolute atomic E-state index is 0.858. The Bertz CT molecular complexity index is 415. The highest BCUT2D eigenvalue weighted by atomic mass is 15.2. The molecule has 0 amide bonds. The summed E-state index contributed by atoms with van der Waals surface area (Å²) in [6.07, 6.45) is 9.12. The number of rotatable bonds is 8. The molecule has 1 N–H and O–H groups in total. The number of hydrogen-bond donors (Lipinski definition) is 1. The van der Waals surface area contributed by atoms with Crippen LogP contribution in [0.4, 0.5) is 11.6 Å². The van der Waals surface area contributed by atoms with Crippen LogP contribution in [-0.4, -0.2) is 30.1 Å². The molecule has 0 unspecified atom stereocenters. The Morgan fingerprint density at radius 2 is 2.05 bits per heavy atom. The van der Waals surface area contributed by atoms with Gasteiger partial charge in [-0.3, -0.25) is 0 Å². The SMILES string of the molecule is CCCNc1ncnc(N(C)CC2CCC2)c1CCC. The molecule has 0 atom stereocenters. The molecule has 0 bridgehead atoms. The van der Waals surface area contributed by atoms with Crippen LogP contribution in [0.2, 0.25) is 0 Å². The van der Waals surface area contributed by atoms with Crippen LogP contribution in [0.15, 0.2) is 6.33 Å². The Hall–Kier alpha value is -1.32. The molecule has 1 aromatic rings. The fourth-order valence-electron chi connectivity index (χ4n) is 2.76. The van der Waals surface area contributed by atoms with Gasteiger partial charge >= 0.3 is 0 Å². The Morgan fingerprint density at radius 3 is 2.65 bits per heavy atom. The van der Waals surface area contributed by atoms with E-state index in [-0.39, 0.29) is 0 Å². The molecule has 2 rings (SSSR count). The van der Waals surface area contributed by atoms with Crippen LogP contribution >= 0.6 is 0 Å². The van der Waals surface area contributed by atoms with E-state index < -0.39 is 0 Å². The van der Waals surface area contributed by atoms with Crippen molar-refractivity contribution in [2.24, 2.45) is 5.92 Å². The molecular weight excluding hydrogens is 248 g/mol. The van der Waals surface area contributed by atoms with Crippen molar-refractivity contribution < 1.29 is 0 Å². The topological polar surface area (TPSA) is 41.1 Å². The first-order chi connectivity index (χ1) is 9.76. The van der Waals surface area contributed by atoms with Crippen molar-refractivity contribution in [1.82, 2.24) is 9.97 Å². The standard InChI is InChI=1S/C16H28N4/c1-4-7-14-15(17-10-5-2)18-12-19-16(14)20(3)11-13-8-6-9-13/h12-13H,4-11H2,1-3H3,(H,17,18,19). The quantitative estimate of drug-likeness (QED) is 0.789. The Morgan fingerprint density at radius 1 is 1.25 bits per heavy atom. The van der Waals surface area contributed by atoms with E-state index in [1.807, 2.05) is 0 Å². The van der Waals surface area contributed by atoms with Gasteiger partial charge in [0.25, 0.3) is 0 Å². The fraction of sp³-hybridized carbons (Fsp3) is 0.750. The summed E-state index contributed by atoms with van der Waals surface area (Å²) in [4.78, 5) is 11.3. The number of anilines is 2. The summed E-state index contributed by atoms with van der Waals surface area (Å²) < 4.78 is 0. The zero-order chi connectivity index (χ0) is 14.4. The average molecular weight is 276 g/mol. The molecule has 0 aromatic carbocycles. The monoisotopic (exact) mass is 276 g/mol. The summed E-state index contributed by atoms with van der Waals surface area (Å²) in [5.41, 5.74) is 1.28. The van der Waals surface area contributed by atoms with E-state index in [1.54, 1.807) is 6.33 Å². The summed E-state index contributed by atoms with van der Waals surface area (Å²) in [6, 6.07) is 0. The molecule has 20 heavy (non-hydrogen) atoms. The van der Waals surface area contributed by atoms with E-state index in [1.165, 1.54) is 24.8 Å². The number of hydrogen-bond acceptors (Lipinski definition) is 4. The molecule has 0 aliphatic heterocycles. The maximum Gasteiger partial charge on any atom is 0.137 e. The van der Waals surface area contributed by atoms with Gasteiger partial charge in [0.1, 0.15) is 18.0 Å². The van der Waals surface area contributed by atoms with Crippen LogP contribution in [0.25, 0.3) is 0 Å². The van der Waals surface area contributed by atoms with Gasteiger partial charge in [-0.15, -0.1) is 0 Å². The van der Waals surface area contributed by atoms with Crippen molar-refractivity contribution in [2.45, 2.75) is 52.4 Å². The number of nitrogens with zero attached hydrogens (tertiary/aromatic N) is 3. The molecule has 1 aliphatic carbocycles. The summed E-state index contributed by atoms with van der Waals surface area (Å²) in [5.74, 6) is 3.00. The van der Waals surface area contributed by atoms with Crippen LogP contribution in [0, 0.1) is 5.92 Å². The lowest BCUT2D eigenvalue weighted by atomic mass is 9.85. The zero-order valence-electron chi connectivity index (χ0n) is 13.2. The predicted octanol–water partition coefficient (Wildman–Crippen LogP) is 3.49. The van der Waals surface area contributed by atoms with Gasteiger partial charge in [-0.25, -0.2) is 9.97 Å². The Balaban J connectivity index is 2.15.